The van der Waals surface area contributed by atoms with Gasteiger partial charge < -0.3 is 9.47 Å². The van der Waals surface area contributed by atoms with Crippen LogP contribution in [0.1, 0.15) is 27.7 Å². The number of methoxy groups -OCH3 is 1. The van der Waals surface area contributed by atoms with E-state index in [1.807, 2.05) is 12.3 Å². The Morgan fingerprint density at radius 1 is 1.38 bits per heavy atom. The molecule has 7 heteroatoms. The molecule has 21 heavy (non-hydrogen) atoms. The number of aryl methyl sites for hydroxylation is 1. The van der Waals surface area contributed by atoms with Crippen molar-refractivity contribution in [2.75, 3.05) is 20.3 Å². The van der Waals surface area contributed by atoms with Crippen LogP contribution in [-0.2, 0) is 35.8 Å². The number of thiazole rings is 1. The minimum Gasteiger partial charge on any atom is -0.383 e. The van der Waals surface area contributed by atoms with Gasteiger partial charge in [-0.1, -0.05) is 0 Å². The first-order valence-electron chi connectivity index (χ1n) is 7.01. The van der Waals surface area contributed by atoms with Gasteiger partial charge in [-0.05, 0) is 6.92 Å². The quantitative estimate of drug-likeness (QED) is 0.846. The number of rotatable bonds is 7. The van der Waals surface area contributed by atoms with E-state index in [1.54, 1.807) is 18.4 Å². The number of nitrogens with one attached hydrogen (secondary N) is 1. The van der Waals surface area contributed by atoms with E-state index in [1.165, 1.54) is 11.3 Å². The van der Waals surface area contributed by atoms with Gasteiger partial charge in [-0.15, -0.1) is 11.3 Å². The third-order valence-corrected chi connectivity index (χ3v) is 4.39. The number of aromatic nitrogens is 3. The van der Waals surface area contributed by atoms with Crippen LogP contribution in [0.4, 0.5) is 0 Å². The lowest BCUT2D eigenvalue weighted by Crippen LogP contribution is -2.21. The van der Waals surface area contributed by atoms with Gasteiger partial charge in [-0.25, -0.2) is 4.98 Å². The number of H-pyrrole nitrogens is 1. The minimum atomic E-state index is 0.528. The first-order chi connectivity index (χ1) is 10.3. The zero-order chi connectivity index (χ0) is 14.7. The molecule has 0 saturated heterocycles. The summed E-state index contributed by atoms with van der Waals surface area (Å²) in [6.45, 7) is 6.61. The van der Waals surface area contributed by atoms with E-state index < -0.39 is 0 Å². The zero-order valence-corrected chi connectivity index (χ0v) is 13.2. The molecule has 1 N–H and O–H groups in total. The molecule has 0 atom stereocenters. The van der Waals surface area contributed by atoms with Gasteiger partial charge in [0.15, 0.2) is 0 Å². The van der Waals surface area contributed by atoms with E-state index in [0.29, 0.717) is 13.2 Å². The van der Waals surface area contributed by atoms with Crippen LogP contribution in [-0.4, -0.2) is 40.3 Å². The van der Waals surface area contributed by atoms with Gasteiger partial charge in [0, 0.05) is 37.7 Å². The first-order valence-corrected chi connectivity index (χ1v) is 7.89. The molecule has 3 heterocycles. The molecule has 0 fully saturated rings. The van der Waals surface area contributed by atoms with Crippen molar-refractivity contribution in [3.8, 4) is 0 Å². The van der Waals surface area contributed by atoms with Crippen LogP contribution in [0.15, 0.2) is 5.38 Å². The van der Waals surface area contributed by atoms with E-state index >= 15 is 0 Å². The zero-order valence-electron chi connectivity index (χ0n) is 12.4. The third kappa shape index (κ3) is 3.49. The van der Waals surface area contributed by atoms with E-state index in [2.05, 4.69) is 20.1 Å². The molecule has 0 aliphatic carbocycles. The van der Waals surface area contributed by atoms with Crippen LogP contribution in [0.5, 0.6) is 0 Å². The van der Waals surface area contributed by atoms with Crippen molar-refractivity contribution in [3.05, 3.63) is 33.0 Å². The third-order valence-electron chi connectivity index (χ3n) is 3.57. The lowest BCUT2D eigenvalue weighted by atomic mass is 10.2. The second-order valence-corrected chi connectivity index (χ2v) is 6.24. The fourth-order valence-corrected chi connectivity index (χ4v) is 3.09. The van der Waals surface area contributed by atoms with Gasteiger partial charge in [0.25, 0.3) is 0 Å². The smallest absolute Gasteiger partial charge is 0.0927 e. The number of aromatic amines is 1. The standard InChI is InChI=1S/C14H20N4O2S/c1-10-15-11(9-21-10)7-20-8-14-12-5-18(3-4-19-2)6-13(12)16-17-14/h9H,3-8H2,1-2H3,(H,16,17). The Morgan fingerprint density at radius 3 is 3.05 bits per heavy atom. The van der Waals surface area contributed by atoms with E-state index in [4.69, 9.17) is 9.47 Å². The summed E-state index contributed by atoms with van der Waals surface area (Å²) in [6, 6.07) is 0. The van der Waals surface area contributed by atoms with E-state index in [9.17, 15) is 0 Å². The van der Waals surface area contributed by atoms with Crippen LogP contribution >= 0.6 is 11.3 Å². The molecule has 0 saturated carbocycles. The topological polar surface area (TPSA) is 63.3 Å². The van der Waals surface area contributed by atoms with Crippen LogP contribution in [0.2, 0.25) is 0 Å². The predicted octanol–water partition coefficient (Wildman–Crippen LogP) is 1.85. The molecule has 1 aliphatic rings. The Hall–Kier alpha value is -1.28. The number of hydrogen-bond acceptors (Lipinski definition) is 6. The van der Waals surface area contributed by atoms with Crippen molar-refractivity contribution >= 4 is 11.3 Å². The summed E-state index contributed by atoms with van der Waals surface area (Å²) in [4.78, 5) is 6.74. The molecule has 1 aliphatic heterocycles. The number of nitrogens with zero attached hydrogens (tertiary/aromatic N) is 3. The number of fused-ring (bicyclic) bond motifs is 1. The fraction of sp³-hybridized carbons (Fsp3) is 0.571. The second-order valence-electron chi connectivity index (χ2n) is 5.18. The lowest BCUT2D eigenvalue weighted by molar-refractivity contribution is 0.101. The van der Waals surface area contributed by atoms with Crippen LogP contribution in [0.25, 0.3) is 0 Å². The van der Waals surface area contributed by atoms with Gasteiger partial charge in [0.05, 0.1) is 41.9 Å². The van der Waals surface area contributed by atoms with Crippen molar-refractivity contribution < 1.29 is 9.47 Å². The Bertz CT molecular complexity index is 596. The maximum Gasteiger partial charge on any atom is 0.0927 e. The molecular formula is C14H20N4O2S. The highest BCUT2D eigenvalue weighted by molar-refractivity contribution is 7.09. The average Bonchev–Trinajstić information content (AvgIpc) is 3.14. The van der Waals surface area contributed by atoms with Crippen molar-refractivity contribution in [1.29, 1.82) is 0 Å². The highest BCUT2D eigenvalue weighted by Gasteiger charge is 2.24. The van der Waals surface area contributed by atoms with Gasteiger partial charge >= 0.3 is 0 Å². The fourth-order valence-electron chi connectivity index (χ4n) is 2.49. The molecule has 0 bridgehead atoms. The highest BCUT2D eigenvalue weighted by atomic mass is 32.1. The lowest BCUT2D eigenvalue weighted by Gasteiger charge is -2.13. The molecule has 0 radical (unpaired) electrons. The molecule has 0 spiro atoms. The number of ether oxygens (including phenoxy) is 2. The van der Waals surface area contributed by atoms with Crippen molar-refractivity contribution in [2.24, 2.45) is 0 Å². The summed E-state index contributed by atoms with van der Waals surface area (Å²) >= 11 is 1.65. The van der Waals surface area contributed by atoms with E-state index in [0.717, 1.165) is 42.6 Å². The van der Waals surface area contributed by atoms with Crippen LogP contribution in [0, 0.1) is 6.92 Å². The SMILES string of the molecule is COCCN1Cc2[nH]nc(COCc3csc(C)n3)c2C1. The monoisotopic (exact) mass is 308 g/mol. The van der Waals surface area contributed by atoms with Gasteiger partial charge in [0.2, 0.25) is 0 Å². The summed E-state index contributed by atoms with van der Waals surface area (Å²) < 4.78 is 10.9. The molecule has 0 unspecified atom stereocenters. The van der Waals surface area contributed by atoms with Crippen LogP contribution in [0.3, 0.4) is 0 Å². The highest BCUT2D eigenvalue weighted by Crippen LogP contribution is 2.24. The van der Waals surface area contributed by atoms with Crippen molar-refractivity contribution in [1.82, 2.24) is 20.1 Å². The average molecular weight is 308 g/mol. The molecule has 3 rings (SSSR count). The van der Waals surface area contributed by atoms with Crippen molar-refractivity contribution in [2.45, 2.75) is 33.2 Å². The maximum atomic E-state index is 5.74. The molecule has 0 aromatic carbocycles. The maximum absolute atomic E-state index is 5.74. The molecular weight excluding hydrogens is 288 g/mol. The predicted molar refractivity (Wildman–Crippen MR) is 79.9 cm³/mol. The largest absolute Gasteiger partial charge is 0.383 e. The van der Waals surface area contributed by atoms with E-state index in [-0.39, 0.29) is 0 Å². The number of hydrogen-bond donors (Lipinski definition) is 1. The van der Waals surface area contributed by atoms with Crippen molar-refractivity contribution in [3.63, 3.8) is 0 Å². The summed E-state index contributed by atoms with van der Waals surface area (Å²) in [5.74, 6) is 0. The van der Waals surface area contributed by atoms with Gasteiger partial charge in [-0.2, -0.15) is 5.10 Å². The minimum absolute atomic E-state index is 0.528. The van der Waals surface area contributed by atoms with Gasteiger partial charge in [-0.3, -0.25) is 10.00 Å². The second kappa shape index (κ2) is 6.65. The molecule has 2 aromatic heterocycles. The Labute approximate surface area is 128 Å². The molecule has 0 amide bonds. The normalized spacial score (nSPS) is 14.8. The van der Waals surface area contributed by atoms with Crippen LogP contribution < -0.4 is 0 Å². The summed E-state index contributed by atoms with van der Waals surface area (Å²) in [5.41, 5.74) is 4.48. The Kier molecular flexibility index (Phi) is 4.64. The molecule has 6 nitrogen and oxygen atoms in total. The first kappa shape index (κ1) is 14.6. The summed E-state index contributed by atoms with van der Waals surface area (Å²) in [6.07, 6.45) is 0. The molecule has 2 aromatic rings. The summed E-state index contributed by atoms with van der Waals surface area (Å²) in [7, 11) is 1.73. The van der Waals surface area contributed by atoms with Gasteiger partial charge in [0.1, 0.15) is 0 Å². The summed E-state index contributed by atoms with van der Waals surface area (Å²) in [5, 5.41) is 10.6. The molecule has 114 valence electrons. The Balaban J connectivity index is 1.52. The Morgan fingerprint density at radius 2 is 2.29 bits per heavy atom.